The third kappa shape index (κ3) is 2.18. The predicted molar refractivity (Wildman–Crippen MR) is 77.2 cm³/mol. The van der Waals surface area contributed by atoms with Gasteiger partial charge < -0.3 is 10.3 Å². The third-order valence-electron chi connectivity index (χ3n) is 2.83. The van der Waals surface area contributed by atoms with Gasteiger partial charge in [0, 0.05) is 11.8 Å². The maximum absolute atomic E-state index is 13.3. The van der Waals surface area contributed by atoms with Crippen LogP contribution < -0.4 is 5.73 Å². The van der Waals surface area contributed by atoms with E-state index in [0.717, 1.165) is 0 Å². The van der Waals surface area contributed by atoms with Gasteiger partial charge in [0.1, 0.15) is 11.5 Å². The number of hydrogen-bond acceptors (Lipinski definition) is 4. The molecule has 4 nitrogen and oxygen atoms in total. The smallest absolute Gasteiger partial charge is 0.232 e. The lowest BCUT2D eigenvalue weighted by atomic mass is 10.0. The van der Waals surface area contributed by atoms with Crippen LogP contribution in [0, 0.1) is 5.82 Å². The standard InChI is InChI=1S/C14H9BrFN3O/c15-9-7-8(4-5-10(9)16)13-12(14(17)20-19-13)11-3-1-2-6-18-11/h1-7H,17H2. The Labute approximate surface area is 122 Å². The highest BCUT2D eigenvalue weighted by molar-refractivity contribution is 9.10. The average Bonchev–Trinajstić information content (AvgIpc) is 2.85. The highest BCUT2D eigenvalue weighted by atomic mass is 79.9. The van der Waals surface area contributed by atoms with Crippen molar-refractivity contribution in [2.24, 2.45) is 0 Å². The largest absolute Gasteiger partial charge is 0.367 e. The Morgan fingerprint density at radius 1 is 1.20 bits per heavy atom. The van der Waals surface area contributed by atoms with Crippen molar-refractivity contribution in [3.8, 4) is 22.5 Å². The first-order chi connectivity index (χ1) is 9.66. The SMILES string of the molecule is Nc1onc(-c2ccc(F)c(Br)c2)c1-c1ccccn1. The van der Waals surface area contributed by atoms with Crippen LogP contribution in [0.1, 0.15) is 0 Å². The molecule has 0 spiro atoms. The molecule has 3 aromatic rings. The number of anilines is 1. The molecule has 0 amide bonds. The third-order valence-corrected chi connectivity index (χ3v) is 3.44. The summed E-state index contributed by atoms with van der Waals surface area (Å²) in [4.78, 5) is 4.24. The summed E-state index contributed by atoms with van der Waals surface area (Å²) in [6, 6.07) is 10.1. The van der Waals surface area contributed by atoms with E-state index in [9.17, 15) is 4.39 Å². The van der Waals surface area contributed by atoms with E-state index in [1.54, 1.807) is 24.4 Å². The van der Waals surface area contributed by atoms with Gasteiger partial charge in [0.15, 0.2) is 0 Å². The van der Waals surface area contributed by atoms with E-state index in [0.29, 0.717) is 27.0 Å². The number of halogens is 2. The van der Waals surface area contributed by atoms with Crippen molar-refractivity contribution >= 4 is 21.8 Å². The van der Waals surface area contributed by atoms with Gasteiger partial charge in [-0.3, -0.25) is 4.98 Å². The first-order valence-electron chi connectivity index (χ1n) is 5.79. The molecule has 2 heterocycles. The van der Waals surface area contributed by atoms with Gasteiger partial charge in [-0.15, -0.1) is 0 Å². The van der Waals surface area contributed by atoms with Crippen LogP contribution >= 0.6 is 15.9 Å². The molecule has 0 saturated heterocycles. The second-order valence-electron chi connectivity index (χ2n) is 4.11. The van der Waals surface area contributed by atoms with Gasteiger partial charge >= 0.3 is 0 Å². The zero-order valence-corrected chi connectivity index (χ0v) is 11.8. The molecule has 20 heavy (non-hydrogen) atoms. The summed E-state index contributed by atoms with van der Waals surface area (Å²) >= 11 is 3.15. The highest BCUT2D eigenvalue weighted by Crippen LogP contribution is 2.36. The number of aromatic nitrogens is 2. The van der Waals surface area contributed by atoms with Gasteiger partial charge in [-0.25, -0.2) is 4.39 Å². The number of rotatable bonds is 2. The molecule has 2 N–H and O–H groups in total. The molecule has 6 heteroatoms. The fourth-order valence-corrected chi connectivity index (χ4v) is 2.28. The van der Waals surface area contributed by atoms with Gasteiger partial charge in [-0.2, -0.15) is 0 Å². The van der Waals surface area contributed by atoms with Crippen LogP contribution in [0.5, 0.6) is 0 Å². The van der Waals surface area contributed by atoms with E-state index >= 15 is 0 Å². The quantitative estimate of drug-likeness (QED) is 0.772. The summed E-state index contributed by atoms with van der Waals surface area (Å²) in [6.07, 6.45) is 1.66. The summed E-state index contributed by atoms with van der Waals surface area (Å²) in [5, 5.41) is 3.95. The van der Waals surface area contributed by atoms with Crippen LogP contribution in [0.2, 0.25) is 0 Å². The second kappa shape index (κ2) is 5.05. The summed E-state index contributed by atoms with van der Waals surface area (Å²) in [5.41, 5.74) is 8.30. The molecule has 2 aromatic heterocycles. The van der Waals surface area contributed by atoms with E-state index < -0.39 is 0 Å². The molecule has 0 radical (unpaired) electrons. The second-order valence-corrected chi connectivity index (χ2v) is 4.97. The molecule has 0 aliphatic carbocycles. The van der Waals surface area contributed by atoms with Crippen molar-refractivity contribution in [1.29, 1.82) is 0 Å². The van der Waals surface area contributed by atoms with E-state index in [1.807, 2.05) is 12.1 Å². The number of pyridine rings is 1. The first kappa shape index (κ1) is 12.8. The lowest BCUT2D eigenvalue weighted by Crippen LogP contribution is -1.90. The highest BCUT2D eigenvalue weighted by Gasteiger charge is 2.18. The Morgan fingerprint density at radius 2 is 2.05 bits per heavy atom. The van der Waals surface area contributed by atoms with Crippen molar-refractivity contribution in [2.75, 3.05) is 5.73 Å². The van der Waals surface area contributed by atoms with Crippen LogP contribution in [-0.4, -0.2) is 10.1 Å². The minimum atomic E-state index is -0.343. The molecule has 0 aliphatic heterocycles. The van der Waals surface area contributed by atoms with Crippen LogP contribution in [-0.2, 0) is 0 Å². The minimum absolute atomic E-state index is 0.180. The monoisotopic (exact) mass is 333 g/mol. The van der Waals surface area contributed by atoms with Crippen molar-refractivity contribution in [2.45, 2.75) is 0 Å². The molecule has 0 bridgehead atoms. The first-order valence-corrected chi connectivity index (χ1v) is 6.58. The van der Waals surface area contributed by atoms with E-state index in [2.05, 4.69) is 26.1 Å². The Kier molecular flexibility index (Phi) is 3.23. The molecular formula is C14H9BrFN3O. The summed E-state index contributed by atoms with van der Waals surface area (Å²) < 4.78 is 18.7. The van der Waals surface area contributed by atoms with Gasteiger partial charge in [-0.1, -0.05) is 11.2 Å². The summed E-state index contributed by atoms with van der Waals surface area (Å²) in [6.45, 7) is 0. The molecule has 0 aliphatic rings. The van der Waals surface area contributed by atoms with Gasteiger partial charge in [0.25, 0.3) is 0 Å². The van der Waals surface area contributed by atoms with Crippen molar-refractivity contribution in [3.63, 3.8) is 0 Å². The van der Waals surface area contributed by atoms with Crippen LogP contribution in [0.25, 0.3) is 22.5 Å². The van der Waals surface area contributed by atoms with Gasteiger partial charge in [0.05, 0.1) is 15.7 Å². The number of nitrogens with two attached hydrogens (primary N) is 1. The Hall–Kier alpha value is -2.21. The van der Waals surface area contributed by atoms with Crippen LogP contribution in [0.4, 0.5) is 10.3 Å². The molecule has 0 unspecified atom stereocenters. The molecular weight excluding hydrogens is 325 g/mol. The minimum Gasteiger partial charge on any atom is -0.367 e. The maximum atomic E-state index is 13.3. The maximum Gasteiger partial charge on any atom is 0.232 e. The number of nitrogen functional groups attached to an aromatic ring is 1. The van der Waals surface area contributed by atoms with E-state index in [4.69, 9.17) is 10.3 Å². The van der Waals surface area contributed by atoms with Gasteiger partial charge in [-0.05, 0) is 46.3 Å². The number of benzene rings is 1. The van der Waals surface area contributed by atoms with Crippen molar-refractivity contribution < 1.29 is 8.91 Å². The zero-order chi connectivity index (χ0) is 14.1. The van der Waals surface area contributed by atoms with Crippen molar-refractivity contribution in [1.82, 2.24) is 10.1 Å². The summed E-state index contributed by atoms with van der Waals surface area (Å²) in [5.74, 6) is -0.163. The molecule has 0 fully saturated rings. The lowest BCUT2D eigenvalue weighted by Gasteiger charge is -2.03. The van der Waals surface area contributed by atoms with Gasteiger partial charge in [0.2, 0.25) is 5.88 Å². The summed E-state index contributed by atoms with van der Waals surface area (Å²) in [7, 11) is 0. The topological polar surface area (TPSA) is 64.9 Å². The zero-order valence-electron chi connectivity index (χ0n) is 10.2. The Bertz CT molecular complexity index is 758. The lowest BCUT2D eigenvalue weighted by molar-refractivity contribution is 0.439. The molecule has 1 aromatic carbocycles. The fourth-order valence-electron chi connectivity index (χ4n) is 1.90. The van der Waals surface area contributed by atoms with Crippen LogP contribution in [0.15, 0.2) is 51.6 Å². The Balaban J connectivity index is 2.18. The fraction of sp³-hybridized carbons (Fsp3) is 0. The molecule has 3 rings (SSSR count). The molecule has 100 valence electrons. The normalized spacial score (nSPS) is 10.7. The Morgan fingerprint density at radius 3 is 2.75 bits per heavy atom. The average molecular weight is 334 g/mol. The number of hydrogen-bond donors (Lipinski definition) is 1. The van der Waals surface area contributed by atoms with E-state index in [1.165, 1.54) is 6.07 Å². The van der Waals surface area contributed by atoms with Crippen LogP contribution in [0.3, 0.4) is 0 Å². The predicted octanol–water partition coefficient (Wildman–Crippen LogP) is 3.89. The number of nitrogens with zero attached hydrogens (tertiary/aromatic N) is 2. The molecule has 0 saturated carbocycles. The van der Waals surface area contributed by atoms with E-state index in [-0.39, 0.29) is 11.7 Å². The molecule has 0 atom stereocenters. The van der Waals surface area contributed by atoms with Crippen molar-refractivity contribution in [3.05, 3.63) is 52.9 Å².